The van der Waals surface area contributed by atoms with E-state index in [1.54, 1.807) is 19.2 Å². The van der Waals surface area contributed by atoms with Gasteiger partial charge < -0.3 is 19.7 Å². The van der Waals surface area contributed by atoms with E-state index in [0.717, 1.165) is 16.8 Å². The van der Waals surface area contributed by atoms with E-state index < -0.39 is 17.4 Å². The maximum Gasteiger partial charge on any atom is 0.261 e. The molecule has 6 heteroatoms. The van der Waals surface area contributed by atoms with Crippen molar-refractivity contribution in [2.75, 3.05) is 7.11 Å². The van der Waals surface area contributed by atoms with Gasteiger partial charge >= 0.3 is 0 Å². The van der Waals surface area contributed by atoms with Crippen LogP contribution in [0, 0.1) is 19.8 Å². The van der Waals surface area contributed by atoms with Crippen LogP contribution in [0.3, 0.4) is 0 Å². The first-order chi connectivity index (χ1) is 12.5. The molecule has 2 heterocycles. The number of methoxy groups -OCH3 is 1. The van der Waals surface area contributed by atoms with Crippen molar-refractivity contribution in [1.29, 1.82) is 0 Å². The number of hydrogen-bond acceptors (Lipinski definition) is 5. The summed E-state index contributed by atoms with van der Waals surface area (Å²) in [5.74, 6) is 0.331. The maximum absolute atomic E-state index is 12.7. The monoisotopic (exact) mass is 352 g/mol. The maximum atomic E-state index is 12.7. The van der Waals surface area contributed by atoms with Crippen LogP contribution in [-0.4, -0.2) is 23.3 Å². The zero-order chi connectivity index (χ0) is 18.5. The molecule has 1 aromatic carbocycles. The molecule has 0 radical (unpaired) electrons. The third kappa shape index (κ3) is 2.22. The number of carbonyl (C=O) groups excluding carboxylic acids is 1. The van der Waals surface area contributed by atoms with Crippen LogP contribution in [0.1, 0.15) is 29.0 Å². The summed E-state index contributed by atoms with van der Waals surface area (Å²) >= 11 is 0. The Labute approximate surface area is 151 Å². The molecule has 1 saturated heterocycles. The van der Waals surface area contributed by atoms with Gasteiger partial charge in [0, 0.05) is 11.5 Å². The Bertz CT molecular complexity index is 922. The zero-order valence-corrected chi connectivity index (χ0v) is 14.9. The Morgan fingerprint density at radius 2 is 2.04 bits per heavy atom. The fourth-order valence-corrected chi connectivity index (χ4v) is 3.98. The Kier molecular flexibility index (Phi) is 3.73. The first-order valence-corrected chi connectivity index (χ1v) is 8.48. The van der Waals surface area contributed by atoms with Gasteiger partial charge in [0.15, 0.2) is 5.60 Å². The summed E-state index contributed by atoms with van der Waals surface area (Å²) in [6.45, 7) is 3.73. The van der Waals surface area contributed by atoms with Crippen LogP contribution in [0.5, 0.6) is 0 Å². The van der Waals surface area contributed by atoms with Gasteiger partial charge in [-0.1, -0.05) is 35.5 Å². The summed E-state index contributed by atoms with van der Waals surface area (Å²) in [6.07, 6.45) is 2.35. The van der Waals surface area contributed by atoms with E-state index >= 15 is 0 Å². The smallest absolute Gasteiger partial charge is 0.261 e. The number of allylic oxidation sites excluding steroid dienone is 2. The summed E-state index contributed by atoms with van der Waals surface area (Å²) in [4.78, 5) is 12.7. The molecule has 1 aliphatic heterocycles. The normalized spacial score (nSPS) is 25.0. The molecule has 134 valence electrons. The lowest BCUT2D eigenvalue weighted by Crippen LogP contribution is -2.39. The third-order valence-electron chi connectivity index (χ3n) is 5.23. The zero-order valence-electron chi connectivity index (χ0n) is 14.9. The number of aliphatic hydroxyl groups is 1. The molecule has 0 spiro atoms. The molecule has 1 aromatic heterocycles. The van der Waals surface area contributed by atoms with Crippen LogP contribution in [-0.2, 0) is 15.1 Å². The average molecular weight is 352 g/mol. The summed E-state index contributed by atoms with van der Waals surface area (Å²) in [7, 11) is 1.55. The Balaban J connectivity index is 1.86. The van der Waals surface area contributed by atoms with Crippen molar-refractivity contribution < 1.29 is 19.2 Å². The Morgan fingerprint density at radius 1 is 1.31 bits per heavy atom. The van der Waals surface area contributed by atoms with Crippen molar-refractivity contribution in [2.24, 2.45) is 5.92 Å². The molecule has 2 aliphatic rings. The second-order valence-corrected chi connectivity index (χ2v) is 6.69. The number of nitrogens with one attached hydrogen (secondary N) is 1. The van der Waals surface area contributed by atoms with Crippen molar-refractivity contribution in [3.05, 3.63) is 70.4 Å². The number of amides is 1. The highest BCUT2D eigenvalue weighted by molar-refractivity contribution is 5.93. The summed E-state index contributed by atoms with van der Waals surface area (Å²) in [6, 6.07) is 9.01. The van der Waals surface area contributed by atoms with Crippen molar-refractivity contribution in [3.8, 4) is 0 Å². The largest absolute Gasteiger partial charge is 0.495 e. The minimum Gasteiger partial charge on any atom is -0.495 e. The minimum absolute atomic E-state index is 0.438. The number of carbonyl (C=O) groups is 1. The van der Waals surface area contributed by atoms with Crippen LogP contribution in [0.2, 0.25) is 0 Å². The Hall–Kier alpha value is -2.86. The molecule has 0 saturated carbocycles. The highest BCUT2D eigenvalue weighted by atomic mass is 16.5. The van der Waals surface area contributed by atoms with E-state index in [1.165, 1.54) is 0 Å². The quantitative estimate of drug-likeness (QED) is 0.887. The van der Waals surface area contributed by atoms with Gasteiger partial charge in [0.25, 0.3) is 5.91 Å². The number of benzene rings is 1. The van der Waals surface area contributed by atoms with Gasteiger partial charge in [-0.15, -0.1) is 0 Å². The highest BCUT2D eigenvalue weighted by Gasteiger charge is 2.55. The van der Waals surface area contributed by atoms with Crippen LogP contribution in [0.15, 0.2) is 52.4 Å². The molecule has 2 N–H and O–H groups in total. The average Bonchev–Trinajstić information content (AvgIpc) is 3.12. The second kappa shape index (κ2) is 5.85. The Morgan fingerprint density at radius 3 is 2.65 bits per heavy atom. The molecule has 4 rings (SSSR count). The van der Waals surface area contributed by atoms with Gasteiger partial charge in [0.05, 0.1) is 18.5 Å². The summed E-state index contributed by atoms with van der Waals surface area (Å²) < 4.78 is 10.8. The number of rotatable bonds is 3. The standard InChI is InChI=1S/C20H20N2O4/c1-11-17(12(2)26-22-11)13-9-15-18(16(10-13)25-3)21-19(23)20(15,24)14-7-5-4-6-8-14/h4-8,10,15,24H,9H2,1-3H3,(H,21,23). The van der Waals surface area contributed by atoms with Crippen LogP contribution in [0.4, 0.5) is 0 Å². The van der Waals surface area contributed by atoms with E-state index in [0.29, 0.717) is 29.2 Å². The van der Waals surface area contributed by atoms with Crippen molar-refractivity contribution in [2.45, 2.75) is 25.9 Å². The number of ether oxygens (including phenoxy) is 1. The van der Waals surface area contributed by atoms with Crippen molar-refractivity contribution >= 4 is 11.5 Å². The van der Waals surface area contributed by atoms with Gasteiger partial charge in [-0.05, 0) is 37.5 Å². The topological polar surface area (TPSA) is 84.6 Å². The van der Waals surface area contributed by atoms with Crippen LogP contribution >= 0.6 is 0 Å². The molecule has 1 amide bonds. The minimum atomic E-state index is -1.65. The van der Waals surface area contributed by atoms with E-state index in [2.05, 4.69) is 10.5 Å². The number of aryl methyl sites for hydroxylation is 2. The lowest BCUT2D eigenvalue weighted by atomic mass is 9.75. The fraction of sp³-hybridized carbons (Fsp3) is 0.300. The molecular formula is C20H20N2O4. The predicted octanol–water partition coefficient (Wildman–Crippen LogP) is 2.57. The molecule has 26 heavy (non-hydrogen) atoms. The number of nitrogens with zero attached hydrogens (tertiary/aromatic N) is 1. The number of fused-ring (bicyclic) bond motifs is 1. The second-order valence-electron chi connectivity index (χ2n) is 6.69. The van der Waals surface area contributed by atoms with E-state index in [1.807, 2.05) is 38.1 Å². The number of aromatic nitrogens is 1. The SMILES string of the molecule is COC1=C2NC(=O)C(O)(c3ccccc3)C2CC(c2c(C)noc2C)=C1. The molecular weight excluding hydrogens is 332 g/mol. The first-order valence-electron chi connectivity index (χ1n) is 8.48. The predicted molar refractivity (Wildman–Crippen MR) is 94.6 cm³/mol. The summed E-state index contributed by atoms with van der Waals surface area (Å²) in [5, 5.41) is 18.3. The van der Waals surface area contributed by atoms with Gasteiger partial charge in [0.2, 0.25) is 0 Å². The van der Waals surface area contributed by atoms with Crippen LogP contribution in [0.25, 0.3) is 5.57 Å². The highest BCUT2D eigenvalue weighted by Crippen LogP contribution is 2.48. The number of hydrogen-bond donors (Lipinski definition) is 2. The van der Waals surface area contributed by atoms with E-state index in [-0.39, 0.29) is 0 Å². The van der Waals surface area contributed by atoms with Crippen molar-refractivity contribution in [1.82, 2.24) is 10.5 Å². The van der Waals surface area contributed by atoms with Gasteiger partial charge in [0.1, 0.15) is 11.5 Å². The van der Waals surface area contributed by atoms with Crippen molar-refractivity contribution in [3.63, 3.8) is 0 Å². The lowest BCUT2D eigenvalue weighted by Gasteiger charge is -2.31. The van der Waals surface area contributed by atoms with Gasteiger partial charge in [-0.25, -0.2) is 0 Å². The molecule has 6 nitrogen and oxygen atoms in total. The molecule has 2 atom stereocenters. The molecule has 1 aliphatic carbocycles. The van der Waals surface area contributed by atoms with Gasteiger partial charge in [-0.3, -0.25) is 4.79 Å². The molecule has 2 aromatic rings. The fourth-order valence-electron chi connectivity index (χ4n) is 3.98. The molecule has 1 fully saturated rings. The van der Waals surface area contributed by atoms with E-state index in [4.69, 9.17) is 9.26 Å². The first kappa shape index (κ1) is 16.6. The third-order valence-corrected chi connectivity index (χ3v) is 5.23. The molecule has 0 bridgehead atoms. The van der Waals surface area contributed by atoms with Crippen LogP contribution < -0.4 is 5.32 Å². The molecule has 2 unspecified atom stereocenters. The van der Waals surface area contributed by atoms with E-state index in [9.17, 15) is 9.90 Å². The lowest BCUT2D eigenvalue weighted by molar-refractivity contribution is -0.139. The summed E-state index contributed by atoms with van der Waals surface area (Å²) in [5.41, 5.74) is 2.12. The van der Waals surface area contributed by atoms with Gasteiger partial charge in [-0.2, -0.15) is 0 Å².